The number of nitrogens with zero attached hydrogens (tertiary/aromatic N) is 4. The molecule has 4 heteroatoms. The summed E-state index contributed by atoms with van der Waals surface area (Å²) < 4.78 is 0. The van der Waals surface area contributed by atoms with Gasteiger partial charge >= 0.3 is 0 Å². The van der Waals surface area contributed by atoms with Gasteiger partial charge in [-0.15, -0.1) is 0 Å². The van der Waals surface area contributed by atoms with Crippen LogP contribution in [0.3, 0.4) is 0 Å². The number of hydrogen-bond donors (Lipinski definition) is 0. The molecule has 0 saturated carbocycles. The quantitative estimate of drug-likeness (QED) is 0.101. The second kappa shape index (κ2) is 18.8. The molecule has 4 nitrogen and oxygen atoms in total. The van der Waals surface area contributed by atoms with E-state index in [-0.39, 0.29) is 0 Å². The summed E-state index contributed by atoms with van der Waals surface area (Å²) in [4.78, 5) is 8.50. The average molecular weight is 947 g/mol. The molecular formula is C70H50N4. The van der Waals surface area contributed by atoms with Crippen molar-refractivity contribution >= 4 is 72.1 Å². The van der Waals surface area contributed by atoms with Crippen LogP contribution in [0, 0.1) is 45.6 Å². The van der Waals surface area contributed by atoms with Crippen LogP contribution in [-0.2, 0) is 0 Å². The Kier molecular flexibility index (Phi) is 11.5. The van der Waals surface area contributed by atoms with Crippen LogP contribution in [0.25, 0.3) is 81.7 Å². The van der Waals surface area contributed by atoms with Crippen molar-refractivity contribution in [1.29, 1.82) is 5.26 Å². The molecular weight excluding hydrogens is 897 g/mol. The minimum absolute atomic E-state index is 0.590. The van der Waals surface area contributed by atoms with Gasteiger partial charge in [0.05, 0.1) is 29.6 Å². The smallest absolute Gasteiger partial charge is 0.187 e. The first-order valence-corrected chi connectivity index (χ1v) is 25.0. The maximum Gasteiger partial charge on any atom is 0.187 e. The zero-order chi connectivity index (χ0) is 50.5. The van der Waals surface area contributed by atoms with Crippen molar-refractivity contribution < 1.29 is 0 Å². The van der Waals surface area contributed by atoms with Gasteiger partial charge in [-0.05, 0) is 179 Å². The lowest BCUT2D eigenvalue weighted by Crippen LogP contribution is -2.12. The number of aryl methyl sites for hydroxylation is 4. The molecule has 0 fully saturated rings. The Morgan fingerprint density at radius 3 is 0.986 bits per heavy atom. The summed E-state index contributed by atoms with van der Waals surface area (Å²) in [6, 6.07) is 85.2. The molecule has 0 unspecified atom stereocenters. The van der Waals surface area contributed by atoms with Crippen LogP contribution in [0.2, 0.25) is 0 Å². The van der Waals surface area contributed by atoms with E-state index < -0.39 is 0 Å². The Morgan fingerprint density at radius 2 is 0.662 bits per heavy atom. The minimum atomic E-state index is 0.590. The Hall–Kier alpha value is -9.74. The monoisotopic (exact) mass is 946 g/mol. The number of hydrogen-bond acceptors (Lipinski definition) is 3. The van der Waals surface area contributed by atoms with Crippen molar-refractivity contribution in [3.8, 4) is 50.6 Å². The maximum atomic E-state index is 9.96. The minimum Gasteiger partial charge on any atom is -0.310 e. The van der Waals surface area contributed by atoms with Gasteiger partial charge in [0.2, 0.25) is 0 Å². The fourth-order valence-electron chi connectivity index (χ4n) is 10.5. The van der Waals surface area contributed by atoms with E-state index >= 15 is 0 Å². The fraction of sp³-hybridized carbons (Fsp3) is 0.0571. The third-order valence-electron chi connectivity index (χ3n) is 14.5. The van der Waals surface area contributed by atoms with E-state index in [1.807, 2.05) is 24.3 Å². The molecule has 0 spiro atoms. The van der Waals surface area contributed by atoms with E-state index in [0.717, 1.165) is 100 Å². The molecule has 0 aromatic heterocycles. The first kappa shape index (κ1) is 45.4. The zero-order valence-corrected chi connectivity index (χ0v) is 41.7. The van der Waals surface area contributed by atoms with E-state index in [9.17, 15) is 5.26 Å². The van der Waals surface area contributed by atoms with Gasteiger partial charge < -0.3 is 9.80 Å². The highest BCUT2D eigenvalue weighted by Crippen LogP contribution is 2.49. The predicted octanol–water partition coefficient (Wildman–Crippen LogP) is 19.8. The molecule has 0 saturated heterocycles. The summed E-state index contributed by atoms with van der Waals surface area (Å²) in [5.74, 6) is 0. The molecule has 0 amide bonds. The highest BCUT2D eigenvalue weighted by molar-refractivity contribution is 6.28. The summed E-state index contributed by atoms with van der Waals surface area (Å²) in [7, 11) is 0. The third kappa shape index (κ3) is 8.45. The van der Waals surface area contributed by atoms with Crippen molar-refractivity contribution in [2.45, 2.75) is 27.7 Å². The molecule has 0 heterocycles. The largest absolute Gasteiger partial charge is 0.310 e. The average Bonchev–Trinajstić information content (AvgIpc) is 3.44. The molecule has 12 rings (SSSR count). The van der Waals surface area contributed by atoms with Gasteiger partial charge in [0.25, 0.3) is 0 Å². The van der Waals surface area contributed by atoms with E-state index in [4.69, 9.17) is 6.57 Å². The maximum absolute atomic E-state index is 9.96. The van der Waals surface area contributed by atoms with Crippen LogP contribution >= 0.6 is 0 Å². The van der Waals surface area contributed by atoms with Crippen LogP contribution in [0.15, 0.2) is 231 Å². The van der Waals surface area contributed by atoms with Crippen LogP contribution in [0.1, 0.15) is 27.8 Å². The van der Waals surface area contributed by atoms with Crippen molar-refractivity contribution in [1.82, 2.24) is 0 Å². The molecule has 0 atom stereocenters. The van der Waals surface area contributed by atoms with Gasteiger partial charge in [-0.2, -0.15) is 5.26 Å². The summed E-state index contributed by atoms with van der Waals surface area (Å²) in [5, 5.41) is 16.8. The molecule has 0 aliphatic carbocycles. The molecule has 12 aromatic rings. The summed E-state index contributed by atoms with van der Waals surface area (Å²) in [5.41, 5.74) is 21.0. The van der Waals surface area contributed by atoms with E-state index in [1.54, 1.807) is 0 Å². The van der Waals surface area contributed by atoms with Crippen molar-refractivity contribution in [3.05, 3.63) is 270 Å². The van der Waals surface area contributed by atoms with Crippen molar-refractivity contribution in [3.63, 3.8) is 0 Å². The normalized spacial score (nSPS) is 11.2. The van der Waals surface area contributed by atoms with Gasteiger partial charge in [-0.25, -0.2) is 4.85 Å². The van der Waals surface area contributed by atoms with Gasteiger partial charge in [-0.1, -0.05) is 168 Å². The molecule has 0 N–H and O–H groups in total. The molecule has 0 radical (unpaired) electrons. The van der Waals surface area contributed by atoms with Gasteiger partial charge in [0.1, 0.15) is 0 Å². The van der Waals surface area contributed by atoms with Crippen LogP contribution in [0.4, 0.5) is 39.8 Å². The number of benzene rings is 12. The number of anilines is 6. The Bertz CT molecular complexity index is 3740. The van der Waals surface area contributed by atoms with Gasteiger partial charge in [0.15, 0.2) is 5.69 Å². The third-order valence-corrected chi connectivity index (χ3v) is 14.5. The molecule has 350 valence electrons. The van der Waals surface area contributed by atoms with Gasteiger partial charge in [0, 0.05) is 33.5 Å². The zero-order valence-electron chi connectivity index (χ0n) is 41.7. The number of nitriles is 1. The lowest BCUT2D eigenvalue weighted by atomic mass is 9.91. The summed E-state index contributed by atoms with van der Waals surface area (Å²) in [6.07, 6.45) is 0. The first-order valence-electron chi connectivity index (χ1n) is 25.0. The van der Waals surface area contributed by atoms with Crippen LogP contribution in [0.5, 0.6) is 0 Å². The van der Waals surface area contributed by atoms with E-state index in [2.05, 4.69) is 255 Å². The first-order chi connectivity index (χ1) is 36.2. The van der Waals surface area contributed by atoms with Crippen LogP contribution < -0.4 is 9.80 Å². The highest BCUT2D eigenvalue weighted by Gasteiger charge is 2.24. The second-order valence-corrected chi connectivity index (χ2v) is 19.6. The predicted molar refractivity (Wildman–Crippen MR) is 311 cm³/mol. The Labute approximate surface area is 433 Å². The van der Waals surface area contributed by atoms with Gasteiger partial charge in [-0.3, -0.25) is 0 Å². The summed E-state index contributed by atoms with van der Waals surface area (Å²) in [6.45, 7) is 16.3. The Morgan fingerprint density at radius 1 is 0.338 bits per heavy atom. The lowest BCUT2D eigenvalue weighted by Gasteiger charge is -2.30. The molecule has 0 bridgehead atoms. The lowest BCUT2D eigenvalue weighted by molar-refractivity contribution is 1.29. The van der Waals surface area contributed by atoms with E-state index in [1.165, 1.54) is 33.0 Å². The topological polar surface area (TPSA) is 34.6 Å². The standard InChI is InChI=1S/C70H50N4/c1-45-6-16-50(17-7-45)56-38-57(51-18-8-46(2)9-19-51)41-63(40-56)73(61-30-14-49(44-71)15-31-61)67-36-26-54-25-35-66-68(37-27-55-24-34-65(67)69(54)70(55)66)74(62-32-28-60(72-5)29-33-62)64-42-58(52-20-10-47(3)11-21-52)39-59(43-64)53-22-12-48(4)13-23-53/h6-43H,1-4H3. The second-order valence-electron chi connectivity index (χ2n) is 19.6. The fourth-order valence-corrected chi connectivity index (χ4v) is 10.5. The van der Waals surface area contributed by atoms with E-state index in [0.29, 0.717) is 11.3 Å². The highest BCUT2D eigenvalue weighted by atomic mass is 15.2. The molecule has 0 aliphatic heterocycles. The van der Waals surface area contributed by atoms with Crippen LogP contribution in [-0.4, -0.2) is 0 Å². The van der Waals surface area contributed by atoms with Crippen molar-refractivity contribution in [2.24, 2.45) is 0 Å². The molecule has 12 aromatic carbocycles. The summed E-state index contributed by atoms with van der Waals surface area (Å²) >= 11 is 0. The number of rotatable bonds is 10. The molecule has 0 aliphatic rings. The SMILES string of the molecule is [C-]#[N+]c1ccc(N(c2cc(-c3ccc(C)cc3)cc(-c3ccc(C)cc3)c2)c2ccc3ccc4c(N(c5ccc(C#N)cc5)c5cc(-c6ccc(C)cc6)cc(-c6ccc(C)cc6)c5)ccc5ccc2c3c54)cc1. The Balaban J connectivity index is 1.10. The molecule has 74 heavy (non-hydrogen) atoms. The van der Waals surface area contributed by atoms with Crippen molar-refractivity contribution in [2.75, 3.05) is 9.80 Å².